The van der Waals surface area contributed by atoms with E-state index in [9.17, 15) is 19.2 Å². The van der Waals surface area contributed by atoms with E-state index in [1.165, 1.54) is 6.08 Å². The van der Waals surface area contributed by atoms with Crippen molar-refractivity contribution in [1.82, 2.24) is 21.3 Å². The van der Waals surface area contributed by atoms with E-state index < -0.39 is 6.04 Å². The molecule has 0 aliphatic carbocycles. The summed E-state index contributed by atoms with van der Waals surface area (Å²) in [5.74, 6) is -0.445. The molecular formula is C23H42N4O4. The van der Waals surface area contributed by atoms with Crippen molar-refractivity contribution in [2.75, 3.05) is 13.1 Å². The SMILES string of the molecule is C/C=C/C(=O)NCCCC[C@H](NC(=O)CNC(=O)[C@H](CC(C)C)NC(C)C)C(=O)CC. The van der Waals surface area contributed by atoms with Gasteiger partial charge in [-0.05, 0) is 44.6 Å². The van der Waals surface area contributed by atoms with E-state index in [0.717, 1.165) is 0 Å². The highest BCUT2D eigenvalue weighted by atomic mass is 16.2. The Morgan fingerprint density at radius 2 is 1.61 bits per heavy atom. The Morgan fingerprint density at radius 3 is 2.16 bits per heavy atom. The van der Waals surface area contributed by atoms with Gasteiger partial charge in [0.05, 0.1) is 18.6 Å². The number of unbranched alkanes of at least 4 members (excludes halogenated alkanes) is 1. The first-order chi connectivity index (χ1) is 14.6. The summed E-state index contributed by atoms with van der Waals surface area (Å²) in [5.41, 5.74) is 0. The van der Waals surface area contributed by atoms with Crippen molar-refractivity contribution in [3.8, 4) is 0 Å². The van der Waals surface area contributed by atoms with Crippen LogP contribution in [0.1, 0.15) is 73.6 Å². The van der Waals surface area contributed by atoms with Gasteiger partial charge in [-0.1, -0.05) is 40.7 Å². The summed E-state index contributed by atoms with van der Waals surface area (Å²) in [6.45, 7) is 11.9. The highest BCUT2D eigenvalue weighted by Crippen LogP contribution is 2.06. The average Bonchev–Trinajstić information content (AvgIpc) is 2.69. The molecule has 0 saturated carbocycles. The fourth-order valence-electron chi connectivity index (χ4n) is 3.12. The Hall–Kier alpha value is -2.22. The standard InChI is InChI=1S/C23H42N4O4/c1-7-11-21(29)24-13-10-9-12-18(20(28)8-2)27-22(30)15-25-23(31)19(14-16(3)4)26-17(5)6/h7,11,16-19,26H,8-10,12-15H2,1-6H3,(H,24,29)(H,25,31)(H,27,30)/b11-7+/t18-,19-/m0/s1. The maximum Gasteiger partial charge on any atom is 0.243 e. The average molecular weight is 439 g/mol. The van der Waals surface area contributed by atoms with E-state index in [-0.39, 0.29) is 42.1 Å². The van der Waals surface area contributed by atoms with Crippen molar-refractivity contribution < 1.29 is 19.2 Å². The van der Waals surface area contributed by atoms with Gasteiger partial charge in [0, 0.05) is 19.0 Å². The highest BCUT2D eigenvalue weighted by molar-refractivity contribution is 5.91. The van der Waals surface area contributed by atoms with Gasteiger partial charge in [-0.2, -0.15) is 0 Å². The zero-order chi connectivity index (χ0) is 23.8. The number of hydrogen-bond acceptors (Lipinski definition) is 5. The van der Waals surface area contributed by atoms with E-state index in [1.807, 2.05) is 27.7 Å². The Bertz CT molecular complexity index is 592. The molecule has 31 heavy (non-hydrogen) atoms. The number of rotatable bonds is 16. The maximum atomic E-state index is 12.5. The van der Waals surface area contributed by atoms with Crippen LogP contribution in [0.4, 0.5) is 0 Å². The number of hydrogen-bond donors (Lipinski definition) is 4. The number of carbonyl (C=O) groups is 4. The largest absolute Gasteiger partial charge is 0.353 e. The molecule has 0 aliphatic rings. The fraction of sp³-hybridized carbons (Fsp3) is 0.739. The van der Waals surface area contributed by atoms with Crippen LogP contribution in [-0.4, -0.2) is 54.7 Å². The van der Waals surface area contributed by atoms with E-state index in [2.05, 4.69) is 21.3 Å². The Morgan fingerprint density at radius 1 is 0.935 bits per heavy atom. The molecule has 0 saturated heterocycles. The first-order valence-corrected chi connectivity index (χ1v) is 11.4. The predicted octanol–water partition coefficient (Wildman–Crippen LogP) is 1.84. The Labute approximate surface area is 187 Å². The lowest BCUT2D eigenvalue weighted by Crippen LogP contribution is -2.51. The summed E-state index contributed by atoms with van der Waals surface area (Å²) in [4.78, 5) is 48.4. The van der Waals surface area contributed by atoms with Gasteiger partial charge in [0.2, 0.25) is 17.7 Å². The Kier molecular flexibility index (Phi) is 15.3. The molecule has 0 unspecified atom stereocenters. The van der Waals surface area contributed by atoms with Gasteiger partial charge in [-0.25, -0.2) is 0 Å². The summed E-state index contributed by atoms with van der Waals surface area (Å²) in [6, 6.07) is -0.794. The number of Topliss-reactive ketones (excluding diaryl/α,β-unsaturated/α-hetero) is 1. The number of nitrogens with one attached hydrogen (secondary N) is 4. The molecule has 0 radical (unpaired) electrons. The molecule has 0 spiro atoms. The molecule has 0 rings (SSSR count). The predicted molar refractivity (Wildman–Crippen MR) is 123 cm³/mol. The minimum Gasteiger partial charge on any atom is -0.353 e. The van der Waals surface area contributed by atoms with Crippen molar-refractivity contribution in [3.63, 3.8) is 0 Å². The summed E-state index contributed by atoms with van der Waals surface area (Å²) < 4.78 is 0. The van der Waals surface area contributed by atoms with Crippen LogP contribution in [0.5, 0.6) is 0 Å². The lowest BCUT2D eigenvalue weighted by molar-refractivity contribution is -0.129. The van der Waals surface area contributed by atoms with Gasteiger partial charge in [0.15, 0.2) is 5.78 Å². The normalized spacial score (nSPS) is 13.3. The molecule has 0 heterocycles. The van der Waals surface area contributed by atoms with Crippen LogP contribution in [0.2, 0.25) is 0 Å². The molecule has 8 nitrogen and oxygen atoms in total. The highest BCUT2D eigenvalue weighted by Gasteiger charge is 2.22. The van der Waals surface area contributed by atoms with Crippen molar-refractivity contribution in [3.05, 3.63) is 12.2 Å². The van der Waals surface area contributed by atoms with Crippen LogP contribution in [0.25, 0.3) is 0 Å². The zero-order valence-electron chi connectivity index (χ0n) is 20.0. The summed E-state index contributed by atoms with van der Waals surface area (Å²) in [7, 11) is 0. The van der Waals surface area contributed by atoms with Crippen molar-refractivity contribution in [1.29, 1.82) is 0 Å². The molecule has 0 aromatic rings. The minimum absolute atomic E-state index is 0.0446. The summed E-state index contributed by atoms with van der Waals surface area (Å²) in [5, 5.41) is 11.4. The maximum absolute atomic E-state index is 12.5. The zero-order valence-corrected chi connectivity index (χ0v) is 20.0. The van der Waals surface area contributed by atoms with Crippen LogP contribution in [-0.2, 0) is 19.2 Å². The fourth-order valence-corrected chi connectivity index (χ4v) is 3.12. The first kappa shape index (κ1) is 28.8. The second-order valence-electron chi connectivity index (χ2n) is 8.45. The van der Waals surface area contributed by atoms with Gasteiger partial charge in [-0.3, -0.25) is 19.2 Å². The monoisotopic (exact) mass is 438 g/mol. The van der Waals surface area contributed by atoms with Crippen molar-refractivity contribution >= 4 is 23.5 Å². The van der Waals surface area contributed by atoms with Crippen LogP contribution in [0, 0.1) is 5.92 Å². The second kappa shape index (κ2) is 16.5. The van der Waals surface area contributed by atoms with Crippen LogP contribution >= 0.6 is 0 Å². The molecule has 0 aliphatic heterocycles. The molecule has 178 valence electrons. The molecule has 4 N–H and O–H groups in total. The molecule has 0 aromatic carbocycles. The van der Waals surface area contributed by atoms with E-state index in [4.69, 9.17) is 0 Å². The van der Waals surface area contributed by atoms with E-state index in [0.29, 0.717) is 44.6 Å². The summed E-state index contributed by atoms with van der Waals surface area (Å²) >= 11 is 0. The van der Waals surface area contributed by atoms with Crippen molar-refractivity contribution in [2.24, 2.45) is 5.92 Å². The number of carbonyl (C=O) groups excluding carboxylic acids is 4. The third-order valence-electron chi connectivity index (χ3n) is 4.59. The van der Waals surface area contributed by atoms with Gasteiger partial charge in [0.1, 0.15) is 0 Å². The third kappa shape index (κ3) is 14.4. The molecule has 0 aromatic heterocycles. The molecule has 3 amide bonds. The van der Waals surface area contributed by atoms with Gasteiger partial charge in [-0.15, -0.1) is 0 Å². The first-order valence-electron chi connectivity index (χ1n) is 11.4. The lowest BCUT2D eigenvalue weighted by Gasteiger charge is -2.22. The number of allylic oxidation sites excluding steroid dienone is 1. The summed E-state index contributed by atoms with van der Waals surface area (Å²) in [6.07, 6.45) is 6.02. The molecular weight excluding hydrogens is 396 g/mol. The third-order valence-corrected chi connectivity index (χ3v) is 4.59. The van der Waals surface area contributed by atoms with Crippen LogP contribution in [0.15, 0.2) is 12.2 Å². The smallest absolute Gasteiger partial charge is 0.243 e. The minimum atomic E-state index is -0.583. The Balaban J connectivity index is 4.55. The molecule has 8 heteroatoms. The molecule has 0 fully saturated rings. The number of amides is 3. The van der Waals surface area contributed by atoms with Gasteiger partial charge in [0.25, 0.3) is 0 Å². The second-order valence-corrected chi connectivity index (χ2v) is 8.45. The van der Waals surface area contributed by atoms with Gasteiger partial charge >= 0.3 is 0 Å². The topological polar surface area (TPSA) is 116 Å². The van der Waals surface area contributed by atoms with Crippen molar-refractivity contribution in [2.45, 2.75) is 91.8 Å². The number of ketones is 1. The quantitative estimate of drug-likeness (QED) is 0.217. The lowest BCUT2D eigenvalue weighted by atomic mass is 10.0. The van der Waals surface area contributed by atoms with E-state index >= 15 is 0 Å². The molecule has 0 bridgehead atoms. The van der Waals surface area contributed by atoms with E-state index in [1.54, 1.807) is 19.9 Å². The van der Waals surface area contributed by atoms with Gasteiger partial charge < -0.3 is 21.3 Å². The van der Waals surface area contributed by atoms with Crippen LogP contribution in [0.3, 0.4) is 0 Å². The van der Waals surface area contributed by atoms with Crippen LogP contribution < -0.4 is 21.3 Å². The molecule has 2 atom stereocenters.